The van der Waals surface area contributed by atoms with Crippen LogP contribution in [0.2, 0.25) is 0 Å². The number of nitrogens with zero attached hydrogens (tertiary/aromatic N) is 1. The highest BCUT2D eigenvalue weighted by Gasteiger charge is 2.06. The van der Waals surface area contributed by atoms with E-state index in [1.807, 2.05) is 13.0 Å². The molecule has 1 aromatic carbocycles. The van der Waals surface area contributed by atoms with E-state index >= 15 is 0 Å². The maximum Gasteiger partial charge on any atom is 0.251 e. The monoisotopic (exact) mass is 285 g/mol. The summed E-state index contributed by atoms with van der Waals surface area (Å²) < 4.78 is 5.61. The lowest BCUT2D eigenvalue weighted by Crippen LogP contribution is -2.28. The molecule has 110 valence electrons. The third-order valence-corrected chi connectivity index (χ3v) is 2.87. The second kappa shape index (κ2) is 7.40. The highest BCUT2D eigenvalue weighted by molar-refractivity contribution is 5.94. The molecule has 1 aromatic heterocycles. The van der Waals surface area contributed by atoms with Crippen molar-refractivity contribution in [2.75, 3.05) is 6.54 Å². The summed E-state index contributed by atoms with van der Waals surface area (Å²) in [4.78, 5) is 15.9. The van der Waals surface area contributed by atoms with E-state index < -0.39 is 0 Å². The van der Waals surface area contributed by atoms with Gasteiger partial charge in [-0.3, -0.25) is 9.78 Å². The van der Waals surface area contributed by atoms with E-state index in [4.69, 9.17) is 10.5 Å². The van der Waals surface area contributed by atoms with Gasteiger partial charge < -0.3 is 15.8 Å². The lowest BCUT2D eigenvalue weighted by atomic mass is 10.2. The molecule has 1 amide bonds. The number of aromatic nitrogens is 1. The summed E-state index contributed by atoms with van der Waals surface area (Å²) in [6.07, 6.45) is 4.07. The molecule has 0 saturated heterocycles. The molecule has 0 aliphatic heterocycles. The van der Waals surface area contributed by atoms with Crippen LogP contribution in [0.5, 0.6) is 11.5 Å². The molecule has 5 nitrogen and oxygen atoms in total. The Kier molecular flexibility index (Phi) is 5.29. The van der Waals surface area contributed by atoms with Crippen LogP contribution in [0.4, 0.5) is 0 Å². The van der Waals surface area contributed by atoms with Crippen molar-refractivity contribution in [1.29, 1.82) is 0 Å². The number of nitrogens with two attached hydrogens (primary N) is 1. The molecule has 0 aliphatic rings. The SMILES string of the molecule is CC(N)CCNC(=O)c1ccc(Oc2cccnc2)cc1. The van der Waals surface area contributed by atoms with Crippen molar-refractivity contribution in [1.82, 2.24) is 10.3 Å². The van der Waals surface area contributed by atoms with Crippen LogP contribution < -0.4 is 15.8 Å². The molecule has 2 rings (SSSR count). The molecule has 5 heteroatoms. The smallest absolute Gasteiger partial charge is 0.251 e. The second-order valence-corrected chi connectivity index (χ2v) is 4.84. The second-order valence-electron chi connectivity index (χ2n) is 4.84. The first kappa shape index (κ1) is 15.0. The van der Waals surface area contributed by atoms with E-state index in [2.05, 4.69) is 10.3 Å². The molecule has 0 spiro atoms. The summed E-state index contributed by atoms with van der Waals surface area (Å²) in [7, 11) is 0. The summed E-state index contributed by atoms with van der Waals surface area (Å²) in [5, 5.41) is 2.83. The van der Waals surface area contributed by atoms with Gasteiger partial charge in [-0.15, -0.1) is 0 Å². The fourth-order valence-electron chi connectivity index (χ4n) is 1.73. The molecular formula is C16H19N3O2. The van der Waals surface area contributed by atoms with E-state index in [9.17, 15) is 4.79 Å². The molecule has 0 radical (unpaired) electrons. The van der Waals surface area contributed by atoms with E-state index in [-0.39, 0.29) is 11.9 Å². The highest BCUT2D eigenvalue weighted by atomic mass is 16.5. The number of carbonyl (C=O) groups excluding carboxylic acids is 1. The maximum atomic E-state index is 11.9. The summed E-state index contributed by atoms with van der Waals surface area (Å²) in [6.45, 7) is 2.49. The number of benzene rings is 1. The number of carbonyl (C=O) groups is 1. The highest BCUT2D eigenvalue weighted by Crippen LogP contribution is 2.20. The number of nitrogens with one attached hydrogen (secondary N) is 1. The first-order valence-corrected chi connectivity index (χ1v) is 6.87. The zero-order valence-corrected chi connectivity index (χ0v) is 12.0. The van der Waals surface area contributed by atoms with Gasteiger partial charge in [-0.05, 0) is 49.7 Å². The van der Waals surface area contributed by atoms with Crippen LogP contribution in [0.1, 0.15) is 23.7 Å². The van der Waals surface area contributed by atoms with Crippen molar-refractivity contribution in [2.45, 2.75) is 19.4 Å². The van der Waals surface area contributed by atoms with Crippen molar-refractivity contribution >= 4 is 5.91 Å². The Labute approximate surface area is 124 Å². The predicted octanol–water partition coefficient (Wildman–Crippen LogP) is 2.34. The normalized spacial score (nSPS) is 11.7. The van der Waals surface area contributed by atoms with Gasteiger partial charge in [0.1, 0.15) is 11.5 Å². The van der Waals surface area contributed by atoms with Crippen LogP contribution in [0.15, 0.2) is 48.8 Å². The first-order chi connectivity index (χ1) is 10.1. The van der Waals surface area contributed by atoms with Gasteiger partial charge in [0.25, 0.3) is 5.91 Å². The largest absolute Gasteiger partial charge is 0.456 e. The van der Waals surface area contributed by atoms with Crippen LogP contribution in [0.25, 0.3) is 0 Å². The number of amides is 1. The molecular weight excluding hydrogens is 266 g/mol. The molecule has 2 aromatic rings. The lowest BCUT2D eigenvalue weighted by Gasteiger charge is -2.08. The van der Waals surface area contributed by atoms with Crippen molar-refractivity contribution in [3.05, 3.63) is 54.4 Å². The lowest BCUT2D eigenvalue weighted by molar-refractivity contribution is 0.0953. The third kappa shape index (κ3) is 4.89. The molecule has 1 atom stereocenters. The Morgan fingerprint density at radius 1 is 1.29 bits per heavy atom. The van der Waals surface area contributed by atoms with Crippen molar-refractivity contribution < 1.29 is 9.53 Å². The molecule has 0 aliphatic carbocycles. The topological polar surface area (TPSA) is 77.2 Å². The Bertz CT molecular complexity index is 568. The molecule has 0 fully saturated rings. The summed E-state index contributed by atoms with van der Waals surface area (Å²) in [5.41, 5.74) is 6.23. The van der Waals surface area contributed by atoms with Crippen molar-refractivity contribution in [3.63, 3.8) is 0 Å². The van der Waals surface area contributed by atoms with Crippen LogP contribution in [0, 0.1) is 0 Å². The Morgan fingerprint density at radius 3 is 2.67 bits per heavy atom. The molecule has 1 heterocycles. The quantitative estimate of drug-likeness (QED) is 0.854. The van der Waals surface area contributed by atoms with E-state index in [1.54, 1.807) is 42.7 Å². The number of hydrogen-bond donors (Lipinski definition) is 2. The fourth-order valence-corrected chi connectivity index (χ4v) is 1.73. The minimum atomic E-state index is -0.108. The average Bonchev–Trinajstić information content (AvgIpc) is 2.48. The number of pyridine rings is 1. The summed E-state index contributed by atoms with van der Waals surface area (Å²) in [6, 6.07) is 10.7. The predicted molar refractivity (Wildman–Crippen MR) is 81.4 cm³/mol. The third-order valence-electron chi connectivity index (χ3n) is 2.87. The van der Waals surface area contributed by atoms with E-state index in [1.165, 1.54) is 0 Å². The Morgan fingerprint density at radius 2 is 2.05 bits per heavy atom. The van der Waals surface area contributed by atoms with Gasteiger partial charge in [-0.25, -0.2) is 0 Å². The minimum Gasteiger partial charge on any atom is -0.456 e. The first-order valence-electron chi connectivity index (χ1n) is 6.87. The fraction of sp³-hybridized carbons (Fsp3) is 0.250. The summed E-state index contributed by atoms with van der Waals surface area (Å²) >= 11 is 0. The van der Waals surface area contributed by atoms with Crippen LogP contribution in [-0.4, -0.2) is 23.5 Å². The van der Waals surface area contributed by atoms with Crippen LogP contribution in [-0.2, 0) is 0 Å². The molecule has 3 N–H and O–H groups in total. The molecule has 0 saturated carbocycles. The Balaban J connectivity index is 1.91. The van der Waals surface area contributed by atoms with E-state index in [0.29, 0.717) is 23.6 Å². The standard InChI is InChI=1S/C16H19N3O2/c1-12(17)8-10-19-16(20)13-4-6-14(7-5-13)21-15-3-2-9-18-11-15/h2-7,9,11-12H,8,10,17H2,1H3,(H,19,20). The zero-order valence-electron chi connectivity index (χ0n) is 12.0. The molecule has 0 bridgehead atoms. The van der Waals surface area contributed by atoms with Gasteiger partial charge in [0.2, 0.25) is 0 Å². The average molecular weight is 285 g/mol. The minimum absolute atomic E-state index is 0.0838. The number of ether oxygens (including phenoxy) is 1. The molecule has 21 heavy (non-hydrogen) atoms. The maximum absolute atomic E-state index is 11.9. The number of rotatable bonds is 6. The van der Waals surface area contributed by atoms with Gasteiger partial charge >= 0.3 is 0 Å². The summed E-state index contributed by atoms with van der Waals surface area (Å²) in [5.74, 6) is 1.21. The van der Waals surface area contributed by atoms with Gasteiger partial charge in [-0.2, -0.15) is 0 Å². The Hall–Kier alpha value is -2.40. The van der Waals surface area contributed by atoms with Gasteiger partial charge in [0.05, 0.1) is 6.20 Å². The van der Waals surface area contributed by atoms with Crippen LogP contribution in [0.3, 0.4) is 0 Å². The van der Waals surface area contributed by atoms with Gasteiger partial charge in [0, 0.05) is 24.3 Å². The molecule has 1 unspecified atom stereocenters. The van der Waals surface area contributed by atoms with Crippen molar-refractivity contribution in [3.8, 4) is 11.5 Å². The van der Waals surface area contributed by atoms with Crippen molar-refractivity contribution in [2.24, 2.45) is 5.73 Å². The van der Waals surface area contributed by atoms with Gasteiger partial charge in [0.15, 0.2) is 0 Å². The van der Waals surface area contributed by atoms with Gasteiger partial charge in [-0.1, -0.05) is 0 Å². The van der Waals surface area contributed by atoms with Crippen LogP contribution >= 0.6 is 0 Å². The zero-order chi connectivity index (χ0) is 15.1. The van der Waals surface area contributed by atoms with E-state index in [0.717, 1.165) is 6.42 Å². The number of hydrogen-bond acceptors (Lipinski definition) is 4.